The summed E-state index contributed by atoms with van der Waals surface area (Å²) in [6.07, 6.45) is 2.29. The molecule has 1 aliphatic heterocycles. The molecule has 1 rings (SSSR count). The van der Waals surface area contributed by atoms with Crippen LogP contribution in [0.3, 0.4) is 0 Å². The lowest BCUT2D eigenvalue weighted by Crippen LogP contribution is -2.48. The fourth-order valence-corrected chi connectivity index (χ4v) is 3.07. The Labute approximate surface area is 96.2 Å². The summed E-state index contributed by atoms with van der Waals surface area (Å²) in [6.45, 7) is 6.24. The summed E-state index contributed by atoms with van der Waals surface area (Å²) in [5.41, 5.74) is 0. The Morgan fingerprint density at radius 1 is 1.53 bits per heavy atom. The van der Waals surface area contributed by atoms with E-state index in [-0.39, 0.29) is 6.04 Å². The number of rotatable bonds is 5. The van der Waals surface area contributed by atoms with Gasteiger partial charge in [-0.15, -0.1) is 0 Å². The maximum Gasteiger partial charge on any atom is 0.321 e. The highest BCUT2D eigenvalue weighted by Crippen LogP contribution is 2.20. The van der Waals surface area contributed by atoms with Gasteiger partial charge in [-0.1, -0.05) is 26.7 Å². The molecule has 0 radical (unpaired) electrons. The van der Waals surface area contributed by atoms with Gasteiger partial charge in [-0.05, 0) is 5.92 Å². The molecule has 4 heteroatoms. The quantitative estimate of drug-likeness (QED) is 0.785. The normalized spacial score (nSPS) is 23.3. The molecule has 15 heavy (non-hydrogen) atoms. The standard InChI is InChI=1S/C11H21NO2S/c1-3-9(4-2)7-12-5-6-15-8-10(12)11(13)14/h9-10H,3-8H2,1-2H3,(H,13,14). The van der Waals surface area contributed by atoms with Gasteiger partial charge >= 0.3 is 5.97 Å². The van der Waals surface area contributed by atoms with Crippen LogP contribution in [0, 0.1) is 5.92 Å². The maximum atomic E-state index is 11.1. The summed E-state index contributed by atoms with van der Waals surface area (Å²) in [7, 11) is 0. The van der Waals surface area contributed by atoms with Crippen molar-refractivity contribution in [3.05, 3.63) is 0 Å². The molecule has 1 heterocycles. The monoisotopic (exact) mass is 231 g/mol. The average molecular weight is 231 g/mol. The molecule has 1 aliphatic rings. The SMILES string of the molecule is CCC(CC)CN1CCSCC1C(=O)O. The number of carboxylic acids is 1. The number of aliphatic carboxylic acids is 1. The second-order valence-electron chi connectivity index (χ2n) is 4.11. The molecule has 88 valence electrons. The molecule has 0 spiro atoms. The molecule has 1 unspecified atom stereocenters. The minimum Gasteiger partial charge on any atom is -0.480 e. The second-order valence-corrected chi connectivity index (χ2v) is 5.26. The highest BCUT2D eigenvalue weighted by atomic mass is 32.2. The van der Waals surface area contributed by atoms with Crippen molar-refractivity contribution in [1.82, 2.24) is 4.90 Å². The zero-order valence-electron chi connectivity index (χ0n) is 9.61. The Bertz CT molecular complexity index is 207. The Morgan fingerprint density at radius 2 is 2.20 bits per heavy atom. The summed E-state index contributed by atoms with van der Waals surface area (Å²) in [5.74, 6) is 1.81. The lowest BCUT2D eigenvalue weighted by molar-refractivity contribution is -0.142. The third-order valence-corrected chi connectivity index (χ3v) is 4.19. The smallest absolute Gasteiger partial charge is 0.321 e. The molecule has 0 saturated carbocycles. The van der Waals surface area contributed by atoms with Gasteiger partial charge in [0, 0.05) is 24.6 Å². The van der Waals surface area contributed by atoms with E-state index in [9.17, 15) is 4.79 Å². The highest BCUT2D eigenvalue weighted by Gasteiger charge is 2.29. The summed E-state index contributed by atoms with van der Waals surface area (Å²) in [5, 5.41) is 9.11. The first-order valence-corrected chi connectivity index (χ1v) is 6.89. The van der Waals surface area contributed by atoms with E-state index in [1.165, 1.54) is 0 Å². The number of nitrogens with zero attached hydrogens (tertiary/aromatic N) is 1. The third kappa shape index (κ3) is 3.68. The minimum absolute atomic E-state index is 0.260. The number of hydrogen-bond acceptors (Lipinski definition) is 3. The molecule has 1 saturated heterocycles. The molecule has 1 N–H and O–H groups in total. The van der Waals surface area contributed by atoms with Gasteiger partial charge in [0.25, 0.3) is 0 Å². The zero-order chi connectivity index (χ0) is 11.3. The highest BCUT2D eigenvalue weighted by molar-refractivity contribution is 7.99. The maximum absolute atomic E-state index is 11.1. The van der Waals surface area contributed by atoms with Crippen LogP contribution in [0.1, 0.15) is 26.7 Å². The largest absolute Gasteiger partial charge is 0.480 e. The number of carbonyl (C=O) groups is 1. The van der Waals surface area contributed by atoms with Crippen molar-refractivity contribution in [2.24, 2.45) is 5.92 Å². The van der Waals surface area contributed by atoms with E-state index in [0.717, 1.165) is 37.4 Å². The molecule has 0 aromatic rings. The lowest BCUT2D eigenvalue weighted by atomic mass is 10.0. The van der Waals surface area contributed by atoms with E-state index >= 15 is 0 Å². The van der Waals surface area contributed by atoms with E-state index < -0.39 is 5.97 Å². The van der Waals surface area contributed by atoms with Gasteiger partial charge in [0.05, 0.1) is 0 Å². The average Bonchev–Trinajstić information content (AvgIpc) is 2.26. The van der Waals surface area contributed by atoms with Crippen molar-refractivity contribution < 1.29 is 9.90 Å². The predicted molar refractivity (Wildman–Crippen MR) is 64.4 cm³/mol. The molecule has 0 amide bonds. The second kappa shape index (κ2) is 6.38. The van der Waals surface area contributed by atoms with Crippen molar-refractivity contribution in [2.75, 3.05) is 24.6 Å². The molecule has 3 nitrogen and oxygen atoms in total. The molecular formula is C11H21NO2S. The van der Waals surface area contributed by atoms with E-state index in [1.54, 1.807) is 11.8 Å². The van der Waals surface area contributed by atoms with Gasteiger partial charge in [0.1, 0.15) is 6.04 Å². The molecule has 1 atom stereocenters. The van der Waals surface area contributed by atoms with Crippen LogP contribution >= 0.6 is 11.8 Å². The topological polar surface area (TPSA) is 40.5 Å². The first-order chi connectivity index (χ1) is 7.19. The Balaban J connectivity index is 2.52. The number of hydrogen-bond donors (Lipinski definition) is 1. The van der Waals surface area contributed by atoms with E-state index in [2.05, 4.69) is 18.7 Å². The molecular weight excluding hydrogens is 210 g/mol. The lowest BCUT2D eigenvalue weighted by Gasteiger charge is -2.34. The van der Waals surface area contributed by atoms with Crippen LogP contribution in [-0.2, 0) is 4.79 Å². The Kier molecular flexibility index (Phi) is 5.47. The van der Waals surface area contributed by atoms with Gasteiger partial charge in [-0.25, -0.2) is 0 Å². The summed E-state index contributed by atoms with van der Waals surface area (Å²) >= 11 is 1.75. The van der Waals surface area contributed by atoms with Gasteiger partial charge in [0.2, 0.25) is 0 Å². The first-order valence-electron chi connectivity index (χ1n) is 5.73. The first kappa shape index (κ1) is 12.8. The van der Waals surface area contributed by atoms with Crippen LogP contribution in [-0.4, -0.2) is 46.6 Å². The zero-order valence-corrected chi connectivity index (χ0v) is 10.4. The van der Waals surface area contributed by atoms with Crippen LogP contribution in [0.4, 0.5) is 0 Å². The van der Waals surface area contributed by atoms with E-state index in [1.807, 2.05) is 0 Å². The van der Waals surface area contributed by atoms with Crippen LogP contribution in [0.25, 0.3) is 0 Å². The fraction of sp³-hybridized carbons (Fsp3) is 0.909. The van der Waals surface area contributed by atoms with Crippen LogP contribution in [0.15, 0.2) is 0 Å². The van der Waals surface area contributed by atoms with Crippen molar-refractivity contribution >= 4 is 17.7 Å². The Morgan fingerprint density at radius 3 is 2.73 bits per heavy atom. The summed E-state index contributed by atoms with van der Waals surface area (Å²) in [4.78, 5) is 13.2. The summed E-state index contributed by atoms with van der Waals surface area (Å²) in [6, 6.07) is -0.260. The van der Waals surface area contributed by atoms with Gasteiger partial charge in [-0.2, -0.15) is 11.8 Å². The molecule has 0 aromatic heterocycles. The minimum atomic E-state index is -0.659. The van der Waals surface area contributed by atoms with Gasteiger partial charge < -0.3 is 5.11 Å². The van der Waals surface area contributed by atoms with Crippen molar-refractivity contribution in [3.63, 3.8) is 0 Å². The molecule has 0 aliphatic carbocycles. The van der Waals surface area contributed by atoms with Crippen molar-refractivity contribution in [3.8, 4) is 0 Å². The van der Waals surface area contributed by atoms with E-state index in [4.69, 9.17) is 5.11 Å². The third-order valence-electron chi connectivity index (χ3n) is 3.17. The molecule has 0 bridgehead atoms. The Hall–Kier alpha value is -0.220. The van der Waals surface area contributed by atoms with Crippen LogP contribution in [0.5, 0.6) is 0 Å². The fourth-order valence-electron chi connectivity index (χ4n) is 1.96. The van der Waals surface area contributed by atoms with Gasteiger partial charge in [0.15, 0.2) is 0 Å². The van der Waals surface area contributed by atoms with E-state index in [0.29, 0.717) is 5.92 Å². The van der Waals surface area contributed by atoms with Crippen molar-refractivity contribution in [2.45, 2.75) is 32.7 Å². The van der Waals surface area contributed by atoms with Gasteiger partial charge in [-0.3, -0.25) is 9.69 Å². The predicted octanol–water partition coefficient (Wildman–Crippen LogP) is 1.92. The molecule has 1 fully saturated rings. The number of carboxylic acid groups (broad SMARTS) is 1. The molecule has 0 aromatic carbocycles. The van der Waals surface area contributed by atoms with Crippen LogP contribution in [0.2, 0.25) is 0 Å². The van der Waals surface area contributed by atoms with Crippen LogP contribution < -0.4 is 0 Å². The summed E-state index contributed by atoms with van der Waals surface area (Å²) < 4.78 is 0. The van der Waals surface area contributed by atoms with Crippen molar-refractivity contribution in [1.29, 1.82) is 0 Å². The number of thioether (sulfide) groups is 1.